The number of hydrogen-bond acceptors (Lipinski definition) is 4. The van der Waals surface area contributed by atoms with Crippen molar-refractivity contribution in [2.75, 3.05) is 13.2 Å². The summed E-state index contributed by atoms with van der Waals surface area (Å²) >= 11 is 0. The third-order valence-corrected chi connectivity index (χ3v) is 3.61. The number of para-hydroxylation sites is 1. The Morgan fingerprint density at radius 1 is 0.963 bits per heavy atom. The predicted molar refractivity (Wildman–Crippen MR) is 94.9 cm³/mol. The van der Waals surface area contributed by atoms with Crippen molar-refractivity contribution >= 4 is 5.91 Å². The molecule has 7 heteroatoms. The molecule has 3 aromatic rings. The number of rotatable bonds is 7. The van der Waals surface area contributed by atoms with Crippen LogP contribution >= 0.6 is 0 Å². The summed E-state index contributed by atoms with van der Waals surface area (Å²) in [6.07, 6.45) is 1.48. The van der Waals surface area contributed by atoms with Gasteiger partial charge in [0, 0.05) is 6.20 Å². The second-order valence-electron chi connectivity index (χ2n) is 5.50. The van der Waals surface area contributed by atoms with Gasteiger partial charge in [0.25, 0.3) is 5.91 Å². The van der Waals surface area contributed by atoms with Crippen molar-refractivity contribution in [1.29, 1.82) is 0 Å². The van der Waals surface area contributed by atoms with Crippen LogP contribution in [0.2, 0.25) is 0 Å². The van der Waals surface area contributed by atoms with Crippen molar-refractivity contribution in [2.45, 2.75) is 0 Å². The Balaban J connectivity index is 1.50. The van der Waals surface area contributed by atoms with E-state index < -0.39 is 11.7 Å². The number of hydroxylamine groups is 1. The van der Waals surface area contributed by atoms with Gasteiger partial charge in [0.1, 0.15) is 24.7 Å². The molecule has 138 valence electrons. The van der Waals surface area contributed by atoms with Gasteiger partial charge in [-0.2, -0.15) is 0 Å². The summed E-state index contributed by atoms with van der Waals surface area (Å²) in [5.41, 5.74) is 3.87. The molecule has 3 rings (SSSR count). The number of carbonyl (C=O) groups excluding carboxylic acids is 1. The molecule has 1 N–H and O–H groups in total. The monoisotopic (exact) mass is 370 g/mol. The predicted octanol–water partition coefficient (Wildman–Crippen LogP) is 3.77. The summed E-state index contributed by atoms with van der Waals surface area (Å²) < 4.78 is 31.6. The van der Waals surface area contributed by atoms with Crippen molar-refractivity contribution in [2.24, 2.45) is 0 Å². The summed E-state index contributed by atoms with van der Waals surface area (Å²) in [6, 6.07) is 15.2. The molecule has 0 fully saturated rings. The molecular weight excluding hydrogens is 354 g/mol. The number of benzene rings is 2. The summed E-state index contributed by atoms with van der Waals surface area (Å²) in [6.45, 7) is 0.0853. The van der Waals surface area contributed by atoms with E-state index in [4.69, 9.17) is 9.57 Å². The van der Waals surface area contributed by atoms with Crippen LogP contribution in [0.3, 0.4) is 0 Å². The van der Waals surface area contributed by atoms with E-state index in [2.05, 4.69) is 10.5 Å². The first-order valence-corrected chi connectivity index (χ1v) is 8.15. The number of ether oxygens (including phenoxy) is 1. The molecule has 0 bridgehead atoms. The van der Waals surface area contributed by atoms with E-state index in [1.807, 2.05) is 0 Å². The van der Waals surface area contributed by atoms with Crippen LogP contribution in [-0.4, -0.2) is 24.1 Å². The van der Waals surface area contributed by atoms with Crippen molar-refractivity contribution < 1.29 is 23.1 Å². The van der Waals surface area contributed by atoms with Crippen LogP contribution in [0.4, 0.5) is 8.78 Å². The minimum absolute atomic E-state index is 0.0255. The Morgan fingerprint density at radius 2 is 1.74 bits per heavy atom. The van der Waals surface area contributed by atoms with Gasteiger partial charge in [0.15, 0.2) is 11.6 Å². The van der Waals surface area contributed by atoms with Gasteiger partial charge in [-0.05, 0) is 47.5 Å². The average molecular weight is 370 g/mol. The van der Waals surface area contributed by atoms with Gasteiger partial charge in [0.2, 0.25) is 0 Å². The molecule has 0 spiro atoms. The fourth-order valence-corrected chi connectivity index (χ4v) is 2.30. The van der Waals surface area contributed by atoms with Gasteiger partial charge in [-0.15, -0.1) is 0 Å². The number of amides is 1. The zero-order valence-corrected chi connectivity index (χ0v) is 14.2. The molecule has 0 saturated heterocycles. The lowest BCUT2D eigenvalue weighted by molar-refractivity contribution is 0.0192. The van der Waals surface area contributed by atoms with Gasteiger partial charge in [-0.3, -0.25) is 14.6 Å². The number of nitrogens with zero attached hydrogens (tertiary/aromatic N) is 1. The standard InChI is InChI=1S/C20H16F2N2O3/c21-16-7-5-14(6-8-16)15-9-10-23-18(13-15)20(25)24-27-12-11-26-19-4-2-1-3-17(19)22/h1-10,13H,11-12H2,(H,24,25). The van der Waals surface area contributed by atoms with E-state index >= 15 is 0 Å². The van der Waals surface area contributed by atoms with Crippen molar-refractivity contribution in [3.63, 3.8) is 0 Å². The molecule has 0 radical (unpaired) electrons. The third-order valence-electron chi connectivity index (χ3n) is 3.61. The molecule has 5 nitrogen and oxygen atoms in total. The Labute approximate surface area is 154 Å². The molecule has 1 amide bonds. The Kier molecular flexibility index (Phi) is 6.06. The number of carbonyl (C=O) groups is 1. The van der Waals surface area contributed by atoms with Gasteiger partial charge in [0.05, 0.1) is 0 Å². The van der Waals surface area contributed by atoms with E-state index in [1.165, 1.54) is 30.5 Å². The van der Waals surface area contributed by atoms with Crippen molar-refractivity contribution in [3.8, 4) is 16.9 Å². The SMILES string of the molecule is O=C(NOCCOc1ccccc1F)c1cc(-c2ccc(F)cc2)ccn1. The highest BCUT2D eigenvalue weighted by Crippen LogP contribution is 2.19. The molecule has 27 heavy (non-hydrogen) atoms. The highest BCUT2D eigenvalue weighted by Gasteiger charge is 2.09. The first-order valence-electron chi connectivity index (χ1n) is 8.15. The molecule has 0 aliphatic carbocycles. The summed E-state index contributed by atoms with van der Waals surface area (Å²) in [5.74, 6) is -1.23. The lowest BCUT2D eigenvalue weighted by atomic mass is 10.1. The number of aromatic nitrogens is 1. The highest BCUT2D eigenvalue weighted by atomic mass is 19.1. The van der Waals surface area contributed by atoms with Gasteiger partial charge >= 0.3 is 0 Å². The van der Waals surface area contributed by atoms with Gasteiger partial charge in [-0.1, -0.05) is 24.3 Å². The van der Waals surface area contributed by atoms with Crippen LogP contribution < -0.4 is 10.2 Å². The second kappa shape index (κ2) is 8.86. The highest BCUT2D eigenvalue weighted by molar-refractivity contribution is 5.92. The fraction of sp³-hybridized carbons (Fsp3) is 0.100. The number of halogens is 2. The molecule has 1 heterocycles. The van der Waals surface area contributed by atoms with E-state index in [1.54, 1.807) is 36.4 Å². The molecule has 1 aromatic heterocycles. The van der Waals surface area contributed by atoms with Crippen molar-refractivity contribution in [1.82, 2.24) is 10.5 Å². The van der Waals surface area contributed by atoms with Crippen molar-refractivity contribution in [3.05, 3.63) is 84.2 Å². The number of nitrogens with one attached hydrogen (secondary N) is 1. The first-order chi connectivity index (χ1) is 13.1. The quantitative estimate of drug-likeness (QED) is 0.508. The van der Waals surface area contributed by atoms with E-state index in [0.29, 0.717) is 0 Å². The van der Waals surface area contributed by atoms with Gasteiger partial charge < -0.3 is 4.74 Å². The molecular formula is C20H16F2N2O3. The Bertz CT molecular complexity index is 917. The number of pyridine rings is 1. The van der Waals surface area contributed by atoms with E-state index in [-0.39, 0.29) is 30.5 Å². The molecule has 0 atom stereocenters. The maximum absolute atomic E-state index is 13.4. The lowest BCUT2D eigenvalue weighted by Gasteiger charge is -2.09. The molecule has 0 aliphatic heterocycles. The number of hydrogen-bond donors (Lipinski definition) is 1. The maximum atomic E-state index is 13.4. The zero-order chi connectivity index (χ0) is 19.1. The Morgan fingerprint density at radius 3 is 2.52 bits per heavy atom. The topological polar surface area (TPSA) is 60.5 Å². The normalized spacial score (nSPS) is 10.4. The van der Waals surface area contributed by atoms with Crippen LogP contribution in [-0.2, 0) is 4.84 Å². The van der Waals surface area contributed by atoms with Crippen LogP contribution in [0, 0.1) is 11.6 Å². The lowest BCUT2D eigenvalue weighted by Crippen LogP contribution is -2.26. The first kappa shape index (κ1) is 18.5. The van der Waals surface area contributed by atoms with Crippen LogP contribution in [0.5, 0.6) is 5.75 Å². The smallest absolute Gasteiger partial charge is 0.293 e. The molecule has 2 aromatic carbocycles. The van der Waals surface area contributed by atoms with E-state index in [0.717, 1.165) is 11.1 Å². The summed E-state index contributed by atoms with van der Waals surface area (Å²) in [7, 11) is 0. The largest absolute Gasteiger partial charge is 0.488 e. The third kappa shape index (κ3) is 5.08. The minimum atomic E-state index is -0.537. The molecule has 0 saturated carbocycles. The fourth-order valence-electron chi connectivity index (χ4n) is 2.30. The van der Waals surface area contributed by atoms with Crippen LogP contribution in [0.25, 0.3) is 11.1 Å². The maximum Gasteiger partial charge on any atom is 0.293 e. The molecule has 0 unspecified atom stereocenters. The minimum Gasteiger partial charge on any atom is -0.488 e. The van der Waals surface area contributed by atoms with Crippen LogP contribution in [0.1, 0.15) is 10.5 Å². The van der Waals surface area contributed by atoms with Gasteiger partial charge in [-0.25, -0.2) is 14.3 Å². The van der Waals surface area contributed by atoms with E-state index in [9.17, 15) is 13.6 Å². The zero-order valence-electron chi connectivity index (χ0n) is 14.2. The van der Waals surface area contributed by atoms with Crippen LogP contribution in [0.15, 0.2) is 66.9 Å². The molecule has 0 aliphatic rings. The summed E-state index contributed by atoms with van der Waals surface area (Å²) in [5, 5.41) is 0. The average Bonchev–Trinajstić information content (AvgIpc) is 2.69. The Hall–Kier alpha value is -3.32. The second-order valence-corrected chi connectivity index (χ2v) is 5.50. The summed E-state index contributed by atoms with van der Waals surface area (Å²) in [4.78, 5) is 21.1.